The summed E-state index contributed by atoms with van der Waals surface area (Å²) in [5.74, 6) is 0.571. The summed E-state index contributed by atoms with van der Waals surface area (Å²) in [5, 5.41) is 12.1. The molecule has 8 heteroatoms. The SMILES string of the molecule is O=C(Cc1ccc([N+](=O)[O-])cc1)N1CCN=C1SCc1ccccc1Cl. The Morgan fingerprint density at radius 3 is 2.65 bits per heavy atom. The number of aliphatic imine (C=N–C) groups is 1. The van der Waals surface area contributed by atoms with Crippen molar-refractivity contribution in [2.45, 2.75) is 12.2 Å². The summed E-state index contributed by atoms with van der Waals surface area (Å²) in [4.78, 5) is 28.9. The fraction of sp³-hybridized carbons (Fsp3) is 0.222. The van der Waals surface area contributed by atoms with Gasteiger partial charge in [0.2, 0.25) is 5.91 Å². The lowest BCUT2D eigenvalue weighted by Gasteiger charge is -2.18. The van der Waals surface area contributed by atoms with Gasteiger partial charge in [-0.05, 0) is 17.2 Å². The molecule has 0 N–H and O–H groups in total. The highest BCUT2D eigenvalue weighted by molar-refractivity contribution is 8.13. The quantitative estimate of drug-likeness (QED) is 0.573. The first-order valence-corrected chi connectivity index (χ1v) is 9.35. The molecule has 0 unspecified atom stereocenters. The van der Waals surface area contributed by atoms with Gasteiger partial charge in [0.25, 0.3) is 5.69 Å². The minimum atomic E-state index is -0.456. The molecule has 1 heterocycles. The lowest BCUT2D eigenvalue weighted by atomic mass is 10.1. The number of thioether (sulfide) groups is 1. The van der Waals surface area contributed by atoms with Crippen molar-refractivity contribution in [3.05, 3.63) is 74.8 Å². The van der Waals surface area contributed by atoms with Crippen molar-refractivity contribution in [1.29, 1.82) is 0 Å². The van der Waals surface area contributed by atoms with Crippen LogP contribution in [0, 0.1) is 10.1 Å². The highest BCUT2D eigenvalue weighted by atomic mass is 35.5. The van der Waals surface area contributed by atoms with Gasteiger partial charge in [0.1, 0.15) is 0 Å². The Morgan fingerprint density at radius 1 is 1.23 bits per heavy atom. The molecule has 0 saturated carbocycles. The number of hydrogen-bond donors (Lipinski definition) is 0. The monoisotopic (exact) mass is 389 g/mol. The highest BCUT2D eigenvalue weighted by Crippen LogP contribution is 2.24. The summed E-state index contributed by atoms with van der Waals surface area (Å²) in [7, 11) is 0. The van der Waals surface area contributed by atoms with Crippen LogP contribution in [0.2, 0.25) is 5.02 Å². The summed E-state index contributed by atoms with van der Waals surface area (Å²) in [6.45, 7) is 1.13. The minimum Gasteiger partial charge on any atom is -0.289 e. The number of hydrogen-bond acceptors (Lipinski definition) is 5. The van der Waals surface area contributed by atoms with Crippen LogP contribution in [-0.4, -0.2) is 34.0 Å². The standard InChI is InChI=1S/C18H16ClN3O3S/c19-16-4-2-1-3-14(16)12-26-18-20-9-10-21(18)17(23)11-13-5-7-15(8-6-13)22(24)25/h1-8H,9-12H2. The van der Waals surface area contributed by atoms with Gasteiger partial charge in [0, 0.05) is 29.5 Å². The number of rotatable bonds is 5. The van der Waals surface area contributed by atoms with E-state index in [0.717, 1.165) is 11.1 Å². The lowest BCUT2D eigenvalue weighted by molar-refractivity contribution is -0.384. The molecule has 0 fully saturated rings. The van der Waals surface area contributed by atoms with Crippen LogP contribution < -0.4 is 0 Å². The first-order valence-electron chi connectivity index (χ1n) is 7.99. The van der Waals surface area contributed by atoms with Crippen LogP contribution in [-0.2, 0) is 17.0 Å². The molecule has 0 aliphatic carbocycles. The van der Waals surface area contributed by atoms with Gasteiger partial charge < -0.3 is 0 Å². The molecule has 0 radical (unpaired) electrons. The van der Waals surface area contributed by atoms with E-state index in [1.165, 1.54) is 23.9 Å². The van der Waals surface area contributed by atoms with Crippen molar-refractivity contribution in [3.8, 4) is 0 Å². The second kappa shape index (κ2) is 8.33. The van der Waals surface area contributed by atoms with Crippen molar-refractivity contribution < 1.29 is 9.72 Å². The Bertz CT molecular complexity index is 855. The second-order valence-electron chi connectivity index (χ2n) is 5.69. The molecular weight excluding hydrogens is 374 g/mol. The van der Waals surface area contributed by atoms with Crippen LogP contribution in [0.5, 0.6) is 0 Å². The molecule has 0 spiro atoms. The van der Waals surface area contributed by atoms with Crippen molar-refractivity contribution >= 4 is 40.1 Å². The third kappa shape index (κ3) is 4.42. The molecule has 0 bridgehead atoms. The fourth-order valence-electron chi connectivity index (χ4n) is 2.54. The van der Waals surface area contributed by atoms with Crippen LogP contribution in [0.25, 0.3) is 0 Å². The Kier molecular flexibility index (Phi) is 5.90. The molecule has 1 aliphatic rings. The summed E-state index contributed by atoms with van der Waals surface area (Å²) in [5.41, 5.74) is 1.75. The number of halogens is 1. The molecule has 134 valence electrons. The van der Waals surface area contributed by atoms with Crippen LogP contribution in [0.1, 0.15) is 11.1 Å². The van der Waals surface area contributed by atoms with Gasteiger partial charge >= 0.3 is 0 Å². The van der Waals surface area contributed by atoms with Gasteiger partial charge in [-0.1, -0.05) is 53.7 Å². The topological polar surface area (TPSA) is 75.8 Å². The van der Waals surface area contributed by atoms with E-state index in [4.69, 9.17) is 11.6 Å². The molecular formula is C18H16ClN3O3S. The lowest BCUT2D eigenvalue weighted by Crippen LogP contribution is -2.34. The van der Waals surface area contributed by atoms with E-state index in [-0.39, 0.29) is 18.0 Å². The van der Waals surface area contributed by atoms with Gasteiger partial charge in [0.15, 0.2) is 5.17 Å². The van der Waals surface area contributed by atoms with E-state index in [1.807, 2.05) is 24.3 Å². The smallest absolute Gasteiger partial charge is 0.269 e. The predicted octanol–water partition coefficient (Wildman–Crippen LogP) is 3.92. The molecule has 0 saturated heterocycles. The number of benzene rings is 2. The molecule has 1 amide bonds. The first-order chi connectivity index (χ1) is 12.5. The normalized spacial score (nSPS) is 13.6. The maximum Gasteiger partial charge on any atom is 0.269 e. The largest absolute Gasteiger partial charge is 0.289 e. The Balaban J connectivity index is 1.61. The van der Waals surface area contributed by atoms with E-state index in [2.05, 4.69) is 4.99 Å². The predicted molar refractivity (Wildman–Crippen MR) is 104 cm³/mol. The van der Waals surface area contributed by atoms with E-state index in [0.29, 0.717) is 29.0 Å². The molecule has 0 aromatic heterocycles. The summed E-state index contributed by atoms with van der Waals surface area (Å²) in [6.07, 6.45) is 0.184. The molecule has 3 rings (SSSR count). The Morgan fingerprint density at radius 2 is 1.96 bits per heavy atom. The van der Waals surface area contributed by atoms with Gasteiger partial charge in [-0.15, -0.1) is 0 Å². The summed E-state index contributed by atoms with van der Waals surface area (Å²) >= 11 is 7.66. The number of nitro groups is 1. The molecule has 26 heavy (non-hydrogen) atoms. The zero-order valence-electron chi connectivity index (χ0n) is 13.8. The Hall–Kier alpha value is -2.38. The average molecular weight is 390 g/mol. The van der Waals surface area contributed by atoms with Crippen molar-refractivity contribution in [3.63, 3.8) is 0 Å². The zero-order chi connectivity index (χ0) is 18.5. The maximum absolute atomic E-state index is 12.6. The number of nitro benzene ring substituents is 1. The van der Waals surface area contributed by atoms with Crippen LogP contribution in [0.15, 0.2) is 53.5 Å². The highest BCUT2D eigenvalue weighted by Gasteiger charge is 2.24. The van der Waals surface area contributed by atoms with Crippen LogP contribution in [0.3, 0.4) is 0 Å². The number of amides is 1. The van der Waals surface area contributed by atoms with Gasteiger partial charge in [-0.25, -0.2) is 0 Å². The first kappa shape index (κ1) is 18.4. The van der Waals surface area contributed by atoms with Gasteiger partial charge in [-0.2, -0.15) is 0 Å². The van der Waals surface area contributed by atoms with Crippen LogP contribution >= 0.6 is 23.4 Å². The van der Waals surface area contributed by atoms with Crippen molar-refractivity contribution in [1.82, 2.24) is 4.90 Å². The number of amidine groups is 1. The van der Waals surface area contributed by atoms with Crippen molar-refractivity contribution in [2.24, 2.45) is 4.99 Å². The number of carbonyl (C=O) groups is 1. The van der Waals surface area contributed by atoms with E-state index in [9.17, 15) is 14.9 Å². The maximum atomic E-state index is 12.6. The van der Waals surface area contributed by atoms with E-state index >= 15 is 0 Å². The third-order valence-corrected chi connectivity index (χ3v) is 5.35. The van der Waals surface area contributed by atoms with Gasteiger partial charge in [-0.3, -0.25) is 24.8 Å². The van der Waals surface area contributed by atoms with E-state index in [1.54, 1.807) is 17.0 Å². The number of carbonyl (C=O) groups excluding carboxylic acids is 1. The molecule has 2 aromatic carbocycles. The van der Waals surface area contributed by atoms with Gasteiger partial charge in [0.05, 0.1) is 17.9 Å². The van der Waals surface area contributed by atoms with Crippen LogP contribution in [0.4, 0.5) is 5.69 Å². The second-order valence-corrected chi connectivity index (χ2v) is 7.04. The molecule has 0 atom stereocenters. The van der Waals surface area contributed by atoms with E-state index < -0.39 is 4.92 Å². The summed E-state index contributed by atoms with van der Waals surface area (Å²) < 4.78 is 0. The molecule has 6 nitrogen and oxygen atoms in total. The summed E-state index contributed by atoms with van der Waals surface area (Å²) in [6, 6.07) is 13.6. The number of non-ortho nitro benzene ring substituents is 1. The average Bonchev–Trinajstić information content (AvgIpc) is 3.10. The minimum absolute atomic E-state index is 0.0138. The number of nitrogens with zero attached hydrogens (tertiary/aromatic N) is 3. The zero-order valence-corrected chi connectivity index (χ0v) is 15.4. The fourth-order valence-corrected chi connectivity index (χ4v) is 3.89. The van der Waals surface area contributed by atoms with Crippen molar-refractivity contribution in [2.75, 3.05) is 13.1 Å². The Labute approximate surface area is 160 Å². The third-order valence-electron chi connectivity index (χ3n) is 3.92. The molecule has 1 aliphatic heterocycles. The molecule has 2 aromatic rings.